The minimum absolute atomic E-state index is 0.0323. The van der Waals surface area contributed by atoms with Crippen LogP contribution in [0.4, 0.5) is 5.69 Å². The molecule has 3 rings (SSSR count). The van der Waals surface area contributed by atoms with Crippen molar-refractivity contribution in [3.63, 3.8) is 0 Å². The molecule has 1 amide bonds. The number of ether oxygens (including phenoxy) is 1. The van der Waals surface area contributed by atoms with Crippen LogP contribution in [0.3, 0.4) is 0 Å². The van der Waals surface area contributed by atoms with Gasteiger partial charge in [0.1, 0.15) is 11.5 Å². The Bertz CT molecular complexity index is 995. The molecule has 1 heterocycles. The number of non-ortho nitro benzene ring substituents is 1. The van der Waals surface area contributed by atoms with Crippen LogP contribution in [0.25, 0.3) is 5.76 Å². The molecule has 30 heavy (non-hydrogen) atoms. The first kappa shape index (κ1) is 21.0. The van der Waals surface area contributed by atoms with Crippen molar-refractivity contribution in [1.82, 2.24) is 4.90 Å². The molecule has 1 fully saturated rings. The normalized spacial score (nSPS) is 17.9. The van der Waals surface area contributed by atoms with E-state index >= 15 is 0 Å². The summed E-state index contributed by atoms with van der Waals surface area (Å²) >= 11 is 0. The van der Waals surface area contributed by atoms with Crippen molar-refractivity contribution in [2.45, 2.75) is 25.8 Å². The van der Waals surface area contributed by atoms with Crippen LogP contribution < -0.4 is 4.74 Å². The van der Waals surface area contributed by atoms with E-state index in [1.54, 1.807) is 24.3 Å². The van der Waals surface area contributed by atoms with Crippen molar-refractivity contribution < 1.29 is 24.4 Å². The standard InChI is InChI=1S/C22H22N2O6/c1-3-4-13-23-19(14-5-9-16(10-6-14)24(28)29)18(21(26)22(23)27)20(25)15-7-11-17(30-2)12-8-15/h5-12,19,25H,3-4,13H2,1-2H3/t19-/m1/s1. The van der Waals surface area contributed by atoms with Gasteiger partial charge >= 0.3 is 0 Å². The van der Waals surface area contributed by atoms with Gasteiger partial charge in [0, 0.05) is 24.2 Å². The number of carbonyl (C=O) groups excluding carboxylic acids is 2. The molecule has 8 nitrogen and oxygen atoms in total. The number of aliphatic hydroxyl groups excluding tert-OH is 1. The molecule has 1 N–H and O–H groups in total. The smallest absolute Gasteiger partial charge is 0.295 e. The summed E-state index contributed by atoms with van der Waals surface area (Å²) in [6, 6.07) is 11.3. The van der Waals surface area contributed by atoms with Gasteiger partial charge in [-0.15, -0.1) is 0 Å². The predicted molar refractivity (Wildman–Crippen MR) is 110 cm³/mol. The molecule has 1 aliphatic heterocycles. The SMILES string of the molecule is CCCCN1C(=O)C(=O)C(=C(O)c2ccc(OC)cc2)[C@H]1c1ccc([N+](=O)[O-])cc1. The number of methoxy groups -OCH3 is 1. The highest BCUT2D eigenvalue weighted by atomic mass is 16.6. The van der Waals surface area contributed by atoms with E-state index < -0.39 is 22.7 Å². The summed E-state index contributed by atoms with van der Waals surface area (Å²) in [4.78, 5) is 37.4. The molecule has 2 aromatic rings. The number of amides is 1. The van der Waals surface area contributed by atoms with Crippen LogP contribution in [0, 0.1) is 10.1 Å². The average molecular weight is 410 g/mol. The van der Waals surface area contributed by atoms with Crippen molar-refractivity contribution in [3.8, 4) is 5.75 Å². The van der Waals surface area contributed by atoms with E-state index in [0.717, 1.165) is 6.42 Å². The maximum absolute atomic E-state index is 12.8. The first-order valence-corrected chi connectivity index (χ1v) is 9.56. The average Bonchev–Trinajstić information content (AvgIpc) is 3.02. The van der Waals surface area contributed by atoms with Crippen LogP contribution in [-0.2, 0) is 9.59 Å². The fraction of sp³-hybridized carbons (Fsp3) is 0.273. The van der Waals surface area contributed by atoms with Gasteiger partial charge in [-0.25, -0.2) is 0 Å². The van der Waals surface area contributed by atoms with Crippen LogP contribution in [0.1, 0.15) is 36.9 Å². The summed E-state index contributed by atoms with van der Waals surface area (Å²) in [5, 5.41) is 21.9. The first-order valence-electron chi connectivity index (χ1n) is 9.56. The molecule has 0 aromatic heterocycles. The molecule has 8 heteroatoms. The second-order valence-electron chi connectivity index (χ2n) is 6.92. The van der Waals surface area contributed by atoms with Gasteiger partial charge in [-0.2, -0.15) is 0 Å². The zero-order chi connectivity index (χ0) is 21.8. The number of nitrogens with zero attached hydrogens (tertiary/aromatic N) is 2. The molecule has 0 aliphatic carbocycles. The third kappa shape index (κ3) is 3.89. The third-order valence-corrected chi connectivity index (χ3v) is 5.08. The topological polar surface area (TPSA) is 110 Å². The Labute approximate surface area is 173 Å². The Morgan fingerprint density at radius 3 is 2.30 bits per heavy atom. The summed E-state index contributed by atoms with van der Waals surface area (Å²) in [6.45, 7) is 2.30. The van der Waals surface area contributed by atoms with Crippen LogP contribution in [-0.4, -0.2) is 40.3 Å². The van der Waals surface area contributed by atoms with Crippen molar-refractivity contribution in [2.75, 3.05) is 13.7 Å². The lowest BCUT2D eigenvalue weighted by Crippen LogP contribution is -2.30. The molecular formula is C22H22N2O6. The van der Waals surface area contributed by atoms with Crippen molar-refractivity contribution >= 4 is 23.1 Å². The predicted octanol–water partition coefficient (Wildman–Crippen LogP) is 3.83. The number of Topliss-reactive ketones (excluding diaryl/α,β-unsaturated/α-hetero) is 1. The largest absolute Gasteiger partial charge is 0.507 e. The number of nitro benzene ring substituents is 1. The van der Waals surface area contributed by atoms with Gasteiger partial charge < -0.3 is 14.7 Å². The molecule has 156 valence electrons. The van der Waals surface area contributed by atoms with E-state index in [-0.39, 0.29) is 17.0 Å². The van der Waals surface area contributed by atoms with Gasteiger partial charge in [0.2, 0.25) is 0 Å². The molecule has 0 unspecified atom stereocenters. The van der Waals surface area contributed by atoms with Gasteiger partial charge in [-0.1, -0.05) is 13.3 Å². The fourth-order valence-corrected chi connectivity index (χ4v) is 3.47. The maximum atomic E-state index is 12.8. The number of nitro groups is 1. The highest BCUT2D eigenvalue weighted by Gasteiger charge is 2.45. The second-order valence-corrected chi connectivity index (χ2v) is 6.92. The Hall–Kier alpha value is -3.68. The molecule has 0 saturated carbocycles. The minimum Gasteiger partial charge on any atom is -0.507 e. The Morgan fingerprint density at radius 2 is 1.77 bits per heavy atom. The molecular weight excluding hydrogens is 388 g/mol. The highest BCUT2D eigenvalue weighted by Crippen LogP contribution is 2.40. The summed E-state index contributed by atoms with van der Waals surface area (Å²) in [5.41, 5.74) is 0.761. The summed E-state index contributed by atoms with van der Waals surface area (Å²) in [6.07, 6.45) is 1.49. The highest BCUT2D eigenvalue weighted by molar-refractivity contribution is 6.46. The van der Waals surface area contributed by atoms with E-state index in [1.807, 2.05) is 6.92 Å². The number of hydrogen-bond donors (Lipinski definition) is 1. The quantitative estimate of drug-likeness (QED) is 0.244. The number of rotatable bonds is 7. The number of ketones is 1. The lowest BCUT2D eigenvalue weighted by atomic mass is 9.95. The number of unbranched alkanes of at least 4 members (excludes halogenated alkanes) is 1. The lowest BCUT2D eigenvalue weighted by molar-refractivity contribution is -0.384. The van der Waals surface area contributed by atoms with E-state index in [4.69, 9.17) is 4.74 Å². The number of hydrogen-bond acceptors (Lipinski definition) is 6. The monoisotopic (exact) mass is 410 g/mol. The third-order valence-electron chi connectivity index (χ3n) is 5.08. The fourth-order valence-electron chi connectivity index (χ4n) is 3.47. The Kier molecular flexibility index (Phi) is 6.15. The van der Waals surface area contributed by atoms with E-state index in [2.05, 4.69) is 0 Å². The van der Waals surface area contributed by atoms with Crippen molar-refractivity contribution in [2.24, 2.45) is 0 Å². The van der Waals surface area contributed by atoms with Gasteiger partial charge in [-0.3, -0.25) is 19.7 Å². The lowest BCUT2D eigenvalue weighted by Gasteiger charge is -2.25. The Balaban J connectivity index is 2.12. The van der Waals surface area contributed by atoms with Gasteiger partial charge in [0.25, 0.3) is 17.4 Å². The number of aliphatic hydroxyl groups is 1. The Morgan fingerprint density at radius 1 is 1.13 bits per heavy atom. The number of benzene rings is 2. The van der Waals surface area contributed by atoms with Crippen LogP contribution in [0.15, 0.2) is 54.1 Å². The summed E-state index contributed by atoms with van der Waals surface area (Å²) in [5.74, 6) is -1.18. The minimum atomic E-state index is -0.820. The van der Waals surface area contributed by atoms with Gasteiger partial charge in [-0.05, 0) is 48.4 Å². The molecule has 0 spiro atoms. The van der Waals surface area contributed by atoms with E-state index in [1.165, 1.54) is 36.3 Å². The number of carbonyl (C=O) groups is 2. The second kappa shape index (κ2) is 8.77. The van der Waals surface area contributed by atoms with Crippen molar-refractivity contribution in [1.29, 1.82) is 0 Å². The van der Waals surface area contributed by atoms with E-state index in [9.17, 15) is 24.8 Å². The molecule has 0 radical (unpaired) electrons. The zero-order valence-corrected chi connectivity index (χ0v) is 16.7. The molecule has 0 bridgehead atoms. The molecule has 1 aliphatic rings. The van der Waals surface area contributed by atoms with Gasteiger partial charge in [0.15, 0.2) is 0 Å². The van der Waals surface area contributed by atoms with Gasteiger partial charge in [0.05, 0.1) is 23.6 Å². The summed E-state index contributed by atoms with van der Waals surface area (Å²) in [7, 11) is 1.52. The van der Waals surface area contributed by atoms with Crippen LogP contribution in [0.5, 0.6) is 5.75 Å². The van der Waals surface area contributed by atoms with Crippen LogP contribution in [0.2, 0.25) is 0 Å². The van der Waals surface area contributed by atoms with Crippen LogP contribution >= 0.6 is 0 Å². The number of likely N-dealkylation sites (tertiary alicyclic amines) is 1. The van der Waals surface area contributed by atoms with E-state index in [0.29, 0.717) is 29.8 Å². The summed E-state index contributed by atoms with van der Waals surface area (Å²) < 4.78 is 5.11. The molecule has 2 aromatic carbocycles. The zero-order valence-electron chi connectivity index (χ0n) is 16.7. The van der Waals surface area contributed by atoms with Crippen molar-refractivity contribution in [3.05, 3.63) is 75.3 Å². The molecule has 1 atom stereocenters. The first-order chi connectivity index (χ1) is 14.4. The molecule has 1 saturated heterocycles. The maximum Gasteiger partial charge on any atom is 0.295 e.